The summed E-state index contributed by atoms with van der Waals surface area (Å²) in [6, 6.07) is 7.87. The van der Waals surface area contributed by atoms with Gasteiger partial charge >= 0.3 is 0 Å². The molecule has 0 saturated carbocycles. The molecule has 1 aromatic rings. The van der Waals surface area contributed by atoms with Gasteiger partial charge in [0.15, 0.2) is 0 Å². The van der Waals surface area contributed by atoms with E-state index >= 15 is 0 Å². The molecule has 0 saturated heterocycles. The van der Waals surface area contributed by atoms with Crippen molar-refractivity contribution in [2.45, 2.75) is 26.7 Å². The van der Waals surface area contributed by atoms with Crippen molar-refractivity contribution in [2.75, 3.05) is 11.9 Å². The second-order valence-corrected chi connectivity index (χ2v) is 4.01. The Hall–Kier alpha value is -0.690. The van der Waals surface area contributed by atoms with Crippen LogP contribution in [0.4, 0.5) is 5.69 Å². The minimum absolute atomic E-state index is 0.758. The average molecular weight is 212 g/mol. The Bertz CT molecular complexity index is 269. The van der Waals surface area contributed by atoms with Gasteiger partial charge in [0.05, 0.1) is 0 Å². The molecule has 0 amide bonds. The van der Waals surface area contributed by atoms with Gasteiger partial charge in [-0.25, -0.2) is 0 Å². The number of hydrogen-bond acceptors (Lipinski definition) is 1. The first-order chi connectivity index (χ1) is 6.76. The Morgan fingerprint density at radius 1 is 1.29 bits per heavy atom. The maximum atomic E-state index is 5.89. The van der Waals surface area contributed by atoms with E-state index < -0.39 is 0 Å². The van der Waals surface area contributed by atoms with Crippen LogP contribution in [-0.4, -0.2) is 6.54 Å². The summed E-state index contributed by atoms with van der Waals surface area (Å²) in [5.74, 6) is 0.758. The fraction of sp³-hybridized carbons (Fsp3) is 0.500. The summed E-state index contributed by atoms with van der Waals surface area (Å²) >= 11 is 5.89. The summed E-state index contributed by atoms with van der Waals surface area (Å²) in [6.45, 7) is 5.50. The zero-order valence-corrected chi connectivity index (χ0v) is 9.64. The number of halogens is 1. The molecule has 1 N–H and O–H groups in total. The first-order valence-corrected chi connectivity index (χ1v) is 5.63. The van der Waals surface area contributed by atoms with Crippen LogP contribution in [0.2, 0.25) is 5.02 Å². The molecule has 0 aromatic heterocycles. The molecule has 14 heavy (non-hydrogen) atoms. The van der Waals surface area contributed by atoms with Crippen LogP contribution in [0.1, 0.15) is 26.7 Å². The van der Waals surface area contributed by atoms with E-state index in [0.29, 0.717) is 0 Å². The largest absolute Gasteiger partial charge is 0.385 e. The van der Waals surface area contributed by atoms with Crippen LogP contribution in [0.3, 0.4) is 0 Å². The fourth-order valence-electron chi connectivity index (χ4n) is 1.44. The van der Waals surface area contributed by atoms with Crippen LogP contribution in [-0.2, 0) is 0 Å². The van der Waals surface area contributed by atoms with E-state index in [2.05, 4.69) is 19.2 Å². The van der Waals surface area contributed by atoms with Gasteiger partial charge < -0.3 is 5.32 Å². The van der Waals surface area contributed by atoms with E-state index in [-0.39, 0.29) is 0 Å². The summed E-state index contributed by atoms with van der Waals surface area (Å²) in [5.41, 5.74) is 1.12. The molecular weight excluding hydrogens is 194 g/mol. The molecule has 78 valence electrons. The monoisotopic (exact) mass is 211 g/mol. The highest BCUT2D eigenvalue weighted by molar-refractivity contribution is 6.30. The zero-order valence-electron chi connectivity index (χ0n) is 8.89. The Labute approximate surface area is 91.5 Å². The highest BCUT2D eigenvalue weighted by Crippen LogP contribution is 2.16. The van der Waals surface area contributed by atoms with Crippen LogP contribution in [0, 0.1) is 5.92 Å². The van der Waals surface area contributed by atoms with Crippen molar-refractivity contribution in [3.8, 4) is 0 Å². The Balaban J connectivity index is 2.44. The number of benzene rings is 1. The van der Waals surface area contributed by atoms with E-state index in [1.165, 1.54) is 12.8 Å². The second kappa shape index (κ2) is 5.92. The van der Waals surface area contributed by atoms with Gasteiger partial charge in [-0.1, -0.05) is 44.4 Å². The smallest absolute Gasteiger partial charge is 0.0426 e. The summed E-state index contributed by atoms with van der Waals surface area (Å²) in [5, 5.41) is 4.19. The molecule has 0 unspecified atom stereocenters. The van der Waals surface area contributed by atoms with Crippen molar-refractivity contribution in [1.29, 1.82) is 0 Å². The minimum atomic E-state index is 0.758. The Morgan fingerprint density at radius 2 is 2.00 bits per heavy atom. The fourth-order valence-corrected chi connectivity index (χ4v) is 1.63. The van der Waals surface area contributed by atoms with Crippen molar-refractivity contribution < 1.29 is 0 Å². The van der Waals surface area contributed by atoms with Crippen molar-refractivity contribution in [3.63, 3.8) is 0 Å². The highest BCUT2D eigenvalue weighted by atomic mass is 35.5. The maximum Gasteiger partial charge on any atom is 0.0426 e. The quantitative estimate of drug-likeness (QED) is 0.770. The Kier molecular flexibility index (Phi) is 4.81. The first kappa shape index (κ1) is 11.4. The van der Waals surface area contributed by atoms with Gasteiger partial charge in [0.2, 0.25) is 0 Å². The van der Waals surface area contributed by atoms with Gasteiger partial charge in [-0.2, -0.15) is 0 Å². The molecule has 0 atom stereocenters. The molecule has 1 rings (SSSR count). The van der Waals surface area contributed by atoms with Gasteiger partial charge in [-0.15, -0.1) is 0 Å². The van der Waals surface area contributed by atoms with E-state index in [1.54, 1.807) is 0 Å². The standard InChI is InChI=1S/C12H18ClN/c1-3-10(4-2)9-14-12-7-5-6-11(13)8-12/h5-8,10,14H,3-4,9H2,1-2H3. The highest BCUT2D eigenvalue weighted by Gasteiger charge is 2.02. The van der Waals surface area contributed by atoms with Crippen molar-refractivity contribution in [1.82, 2.24) is 0 Å². The summed E-state index contributed by atoms with van der Waals surface area (Å²) < 4.78 is 0. The number of hydrogen-bond donors (Lipinski definition) is 1. The molecule has 0 radical (unpaired) electrons. The lowest BCUT2D eigenvalue weighted by molar-refractivity contribution is 0.519. The van der Waals surface area contributed by atoms with Crippen molar-refractivity contribution in [2.24, 2.45) is 5.92 Å². The van der Waals surface area contributed by atoms with E-state index in [1.807, 2.05) is 24.3 Å². The van der Waals surface area contributed by atoms with Gasteiger partial charge in [0.1, 0.15) is 0 Å². The van der Waals surface area contributed by atoms with E-state index in [0.717, 1.165) is 23.2 Å². The number of anilines is 1. The number of nitrogens with one attached hydrogen (secondary N) is 1. The van der Waals surface area contributed by atoms with Gasteiger partial charge in [-0.3, -0.25) is 0 Å². The Morgan fingerprint density at radius 3 is 2.57 bits per heavy atom. The summed E-state index contributed by atoms with van der Waals surface area (Å²) in [7, 11) is 0. The predicted molar refractivity (Wildman–Crippen MR) is 64.0 cm³/mol. The molecule has 1 aromatic carbocycles. The van der Waals surface area contributed by atoms with Crippen LogP contribution in [0.25, 0.3) is 0 Å². The van der Waals surface area contributed by atoms with Gasteiger partial charge in [0, 0.05) is 17.3 Å². The lowest BCUT2D eigenvalue weighted by atomic mass is 10.0. The first-order valence-electron chi connectivity index (χ1n) is 5.25. The lowest BCUT2D eigenvalue weighted by Gasteiger charge is -2.14. The minimum Gasteiger partial charge on any atom is -0.385 e. The molecule has 0 aliphatic rings. The third-order valence-electron chi connectivity index (χ3n) is 2.57. The lowest BCUT2D eigenvalue weighted by Crippen LogP contribution is -2.12. The van der Waals surface area contributed by atoms with Crippen LogP contribution in [0.15, 0.2) is 24.3 Å². The maximum absolute atomic E-state index is 5.89. The third kappa shape index (κ3) is 3.59. The zero-order chi connectivity index (χ0) is 10.4. The summed E-state index contributed by atoms with van der Waals surface area (Å²) in [6.07, 6.45) is 2.45. The van der Waals surface area contributed by atoms with E-state index in [4.69, 9.17) is 11.6 Å². The average Bonchev–Trinajstić information content (AvgIpc) is 2.19. The van der Waals surface area contributed by atoms with Gasteiger partial charge in [-0.05, 0) is 24.1 Å². The van der Waals surface area contributed by atoms with Crippen molar-refractivity contribution in [3.05, 3.63) is 29.3 Å². The number of rotatable bonds is 5. The van der Waals surface area contributed by atoms with Crippen LogP contribution >= 0.6 is 11.6 Å². The molecule has 1 nitrogen and oxygen atoms in total. The molecule has 0 bridgehead atoms. The summed E-state index contributed by atoms with van der Waals surface area (Å²) in [4.78, 5) is 0. The molecule has 0 spiro atoms. The van der Waals surface area contributed by atoms with Gasteiger partial charge in [0.25, 0.3) is 0 Å². The normalized spacial score (nSPS) is 10.6. The topological polar surface area (TPSA) is 12.0 Å². The molecule has 2 heteroatoms. The molecule has 0 aliphatic heterocycles. The molecule has 0 fully saturated rings. The second-order valence-electron chi connectivity index (χ2n) is 3.57. The van der Waals surface area contributed by atoms with Crippen LogP contribution < -0.4 is 5.32 Å². The van der Waals surface area contributed by atoms with E-state index in [9.17, 15) is 0 Å². The molecule has 0 aliphatic carbocycles. The SMILES string of the molecule is CCC(CC)CNc1cccc(Cl)c1. The molecule has 0 heterocycles. The molecular formula is C12H18ClN. The third-order valence-corrected chi connectivity index (χ3v) is 2.81. The van der Waals surface area contributed by atoms with Crippen LogP contribution in [0.5, 0.6) is 0 Å². The van der Waals surface area contributed by atoms with Crippen molar-refractivity contribution >= 4 is 17.3 Å². The predicted octanol–water partition coefficient (Wildman–Crippen LogP) is 4.19.